The number of benzene rings is 3. The number of hydrogen-bond acceptors (Lipinski definition) is 5. The molecule has 3 aromatic carbocycles. The Bertz CT molecular complexity index is 1380. The van der Waals surface area contributed by atoms with Crippen LogP contribution in [0.25, 0.3) is 22.6 Å². The largest absolute Gasteiger partial charge is 0.495 e. The summed E-state index contributed by atoms with van der Waals surface area (Å²) in [6.07, 6.45) is 0. The highest BCUT2D eigenvalue weighted by molar-refractivity contribution is 9.11. The topological polar surface area (TPSA) is 76.4 Å². The molecule has 0 aliphatic heterocycles. The summed E-state index contributed by atoms with van der Waals surface area (Å²) in [6.45, 7) is 4.08. The Morgan fingerprint density at radius 1 is 1.06 bits per heavy atom. The van der Waals surface area contributed by atoms with Crippen molar-refractivity contribution in [3.63, 3.8) is 0 Å². The molecule has 0 saturated heterocycles. The van der Waals surface area contributed by atoms with Gasteiger partial charge < -0.3 is 14.5 Å². The van der Waals surface area contributed by atoms with Crippen molar-refractivity contribution in [2.24, 2.45) is 0 Å². The second kappa shape index (κ2) is 9.62. The van der Waals surface area contributed by atoms with Gasteiger partial charge in [-0.1, -0.05) is 33.1 Å². The van der Waals surface area contributed by atoms with E-state index in [9.17, 15) is 4.79 Å². The molecule has 1 heterocycles. The highest BCUT2D eigenvalue weighted by Crippen LogP contribution is 2.33. The number of methoxy groups -OCH3 is 1. The molecular formula is C24H19Br2N3O3S. The number of oxazole rings is 1. The number of carbonyl (C=O) groups is 1. The van der Waals surface area contributed by atoms with E-state index in [0.29, 0.717) is 38.5 Å². The lowest BCUT2D eigenvalue weighted by molar-refractivity contribution is 0.0974. The van der Waals surface area contributed by atoms with E-state index in [0.717, 1.165) is 21.2 Å². The molecule has 0 bridgehead atoms. The number of thiocarbonyl (C=S) groups is 1. The molecule has 1 aromatic heterocycles. The summed E-state index contributed by atoms with van der Waals surface area (Å²) in [7, 11) is 1.50. The molecule has 0 fully saturated rings. The van der Waals surface area contributed by atoms with Crippen molar-refractivity contribution in [1.29, 1.82) is 0 Å². The van der Waals surface area contributed by atoms with Gasteiger partial charge in [-0.05, 0) is 84.5 Å². The Kier molecular flexibility index (Phi) is 6.83. The Hall–Kier alpha value is -2.75. The summed E-state index contributed by atoms with van der Waals surface area (Å²) in [5.74, 6) is 0.574. The summed E-state index contributed by atoms with van der Waals surface area (Å²) in [5.41, 5.74) is 5.57. The first-order valence-corrected chi connectivity index (χ1v) is 11.9. The van der Waals surface area contributed by atoms with Gasteiger partial charge in [-0.2, -0.15) is 0 Å². The minimum Gasteiger partial charge on any atom is -0.495 e. The molecule has 0 aliphatic rings. The second-order valence-corrected chi connectivity index (χ2v) is 9.63. The summed E-state index contributed by atoms with van der Waals surface area (Å²) in [4.78, 5) is 17.4. The Balaban J connectivity index is 1.52. The molecule has 6 nitrogen and oxygen atoms in total. The molecule has 2 N–H and O–H groups in total. The Morgan fingerprint density at radius 3 is 2.48 bits per heavy atom. The number of amides is 1. The highest BCUT2D eigenvalue weighted by atomic mass is 79.9. The number of nitrogens with one attached hydrogen (secondary N) is 2. The molecule has 168 valence electrons. The molecule has 0 unspecified atom stereocenters. The first kappa shape index (κ1) is 23.4. The van der Waals surface area contributed by atoms with Crippen LogP contribution < -0.4 is 15.4 Å². The molecular weight excluding hydrogens is 570 g/mol. The van der Waals surface area contributed by atoms with Crippen LogP contribution in [0.5, 0.6) is 5.75 Å². The molecule has 0 atom stereocenters. The lowest BCUT2D eigenvalue weighted by Crippen LogP contribution is -2.34. The van der Waals surface area contributed by atoms with E-state index in [1.807, 2.05) is 44.2 Å². The van der Waals surface area contributed by atoms with E-state index < -0.39 is 5.91 Å². The summed E-state index contributed by atoms with van der Waals surface area (Å²) >= 11 is 12.1. The lowest BCUT2D eigenvalue weighted by Gasteiger charge is -2.13. The molecule has 33 heavy (non-hydrogen) atoms. The molecule has 1 amide bonds. The number of aromatic nitrogens is 1. The molecule has 4 rings (SSSR count). The van der Waals surface area contributed by atoms with Crippen LogP contribution in [0.2, 0.25) is 0 Å². The third-order valence-electron chi connectivity index (χ3n) is 4.80. The number of ether oxygens (including phenoxy) is 1. The molecule has 9 heteroatoms. The molecule has 0 aliphatic carbocycles. The quantitative estimate of drug-likeness (QED) is 0.256. The van der Waals surface area contributed by atoms with Crippen LogP contribution in [-0.4, -0.2) is 23.1 Å². The first-order valence-electron chi connectivity index (χ1n) is 9.88. The monoisotopic (exact) mass is 587 g/mol. The average molecular weight is 589 g/mol. The highest BCUT2D eigenvalue weighted by Gasteiger charge is 2.18. The van der Waals surface area contributed by atoms with Crippen molar-refractivity contribution in [3.8, 4) is 17.2 Å². The van der Waals surface area contributed by atoms with Gasteiger partial charge in [-0.15, -0.1) is 0 Å². The van der Waals surface area contributed by atoms with Crippen molar-refractivity contribution < 1.29 is 13.9 Å². The number of carbonyl (C=O) groups excluding carboxylic acids is 1. The zero-order valence-corrected chi connectivity index (χ0v) is 21.9. The Labute approximate surface area is 213 Å². The SMILES string of the molecule is COc1c(Br)cc(Br)cc1C(=O)NC(=S)Nc1ccc2oc(-c3cc(C)cc(C)c3)nc2c1. The predicted molar refractivity (Wildman–Crippen MR) is 141 cm³/mol. The summed E-state index contributed by atoms with van der Waals surface area (Å²) in [6, 6.07) is 15.1. The van der Waals surface area contributed by atoms with Crippen molar-refractivity contribution in [2.75, 3.05) is 12.4 Å². The number of fused-ring (bicyclic) bond motifs is 1. The minimum atomic E-state index is -0.397. The fraction of sp³-hybridized carbons (Fsp3) is 0.125. The standard InChI is InChI=1S/C24H19Br2N3O3S/c1-12-6-13(2)8-14(7-12)23-28-19-11-16(4-5-20(19)32-23)27-24(33)29-22(30)17-9-15(25)10-18(26)21(17)31-3/h4-11H,1-3H3,(H2,27,29,30,33). The normalized spacial score (nSPS) is 10.8. The third-order valence-corrected chi connectivity index (χ3v) is 6.05. The van der Waals surface area contributed by atoms with Crippen LogP contribution in [0.15, 0.2) is 61.9 Å². The van der Waals surface area contributed by atoms with Crippen molar-refractivity contribution in [1.82, 2.24) is 10.3 Å². The van der Waals surface area contributed by atoms with Crippen LogP contribution in [-0.2, 0) is 0 Å². The number of rotatable bonds is 4. The van der Waals surface area contributed by atoms with E-state index in [4.69, 9.17) is 21.4 Å². The maximum Gasteiger partial charge on any atom is 0.261 e. The van der Waals surface area contributed by atoms with Crippen LogP contribution in [0.4, 0.5) is 5.69 Å². The van der Waals surface area contributed by atoms with E-state index in [-0.39, 0.29) is 5.11 Å². The van der Waals surface area contributed by atoms with Crippen molar-refractivity contribution >= 4 is 71.9 Å². The Morgan fingerprint density at radius 2 is 1.79 bits per heavy atom. The number of nitrogens with zero attached hydrogens (tertiary/aromatic N) is 1. The number of hydrogen-bond donors (Lipinski definition) is 2. The number of anilines is 1. The summed E-state index contributed by atoms with van der Waals surface area (Å²) in [5, 5.41) is 5.85. The fourth-order valence-electron chi connectivity index (χ4n) is 3.50. The van der Waals surface area contributed by atoms with E-state index >= 15 is 0 Å². The summed E-state index contributed by atoms with van der Waals surface area (Å²) < 4.78 is 12.7. The smallest absolute Gasteiger partial charge is 0.261 e. The molecule has 4 aromatic rings. The van der Waals surface area contributed by atoms with Gasteiger partial charge >= 0.3 is 0 Å². The minimum absolute atomic E-state index is 0.149. The van der Waals surface area contributed by atoms with Crippen LogP contribution in [0, 0.1) is 13.8 Å². The first-order chi connectivity index (χ1) is 15.7. The predicted octanol–water partition coefficient (Wildman–Crippen LogP) is 6.77. The van der Waals surface area contributed by atoms with Crippen molar-refractivity contribution in [2.45, 2.75) is 13.8 Å². The van der Waals surface area contributed by atoms with E-state index in [1.165, 1.54) is 7.11 Å². The van der Waals surface area contributed by atoms with Gasteiger partial charge in [0, 0.05) is 15.7 Å². The van der Waals surface area contributed by atoms with Gasteiger partial charge in [-0.3, -0.25) is 10.1 Å². The molecule has 0 spiro atoms. The van der Waals surface area contributed by atoms with Gasteiger partial charge in [0.15, 0.2) is 10.7 Å². The van der Waals surface area contributed by atoms with Gasteiger partial charge in [0.2, 0.25) is 5.89 Å². The van der Waals surface area contributed by atoms with E-state index in [2.05, 4.69) is 53.5 Å². The number of halogens is 2. The third kappa shape index (κ3) is 5.26. The van der Waals surface area contributed by atoms with Gasteiger partial charge in [0.25, 0.3) is 5.91 Å². The fourth-order valence-corrected chi connectivity index (χ4v) is 5.09. The van der Waals surface area contributed by atoms with Crippen molar-refractivity contribution in [3.05, 3.63) is 74.2 Å². The average Bonchev–Trinajstić information content (AvgIpc) is 3.16. The maximum absolute atomic E-state index is 12.8. The van der Waals surface area contributed by atoms with Gasteiger partial charge in [0.1, 0.15) is 11.3 Å². The van der Waals surface area contributed by atoms with Crippen LogP contribution >= 0.6 is 44.1 Å². The van der Waals surface area contributed by atoms with Crippen LogP contribution in [0.1, 0.15) is 21.5 Å². The second-order valence-electron chi connectivity index (χ2n) is 7.45. The molecule has 0 radical (unpaired) electrons. The van der Waals surface area contributed by atoms with Gasteiger partial charge in [-0.25, -0.2) is 4.98 Å². The van der Waals surface area contributed by atoms with Gasteiger partial charge in [0.05, 0.1) is 17.1 Å². The number of aryl methyl sites for hydroxylation is 2. The maximum atomic E-state index is 12.8. The van der Waals surface area contributed by atoms with E-state index in [1.54, 1.807) is 12.1 Å². The van der Waals surface area contributed by atoms with Crippen LogP contribution in [0.3, 0.4) is 0 Å². The lowest BCUT2D eigenvalue weighted by atomic mass is 10.1. The zero-order valence-electron chi connectivity index (χ0n) is 18.0. The zero-order chi connectivity index (χ0) is 23.7. The molecule has 0 saturated carbocycles.